The van der Waals surface area contributed by atoms with Crippen LogP contribution in [0.5, 0.6) is 0 Å². The third kappa shape index (κ3) is 5.91. The minimum Gasteiger partial charge on any atom is -0.326 e. The Balaban J connectivity index is 1.38. The van der Waals surface area contributed by atoms with E-state index < -0.39 is 0 Å². The molecule has 4 nitrogen and oxygen atoms in total. The normalized spacial score (nSPS) is 15.5. The number of rotatable bonds is 8. The number of nitrogens with zero attached hydrogens (tertiary/aromatic N) is 1. The predicted octanol–water partition coefficient (Wildman–Crippen LogP) is 5.80. The lowest BCUT2D eigenvalue weighted by atomic mass is 10.1. The van der Waals surface area contributed by atoms with Crippen molar-refractivity contribution >= 4 is 74.8 Å². The van der Waals surface area contributed by atoms with Gasteiger partial charge < -0.3 is 5.32 Å². The van der Waals surface area contributed by atoms with Crippen LogP contribution in [0, 0.1) is 0 Å². The Morgan fingerprint density at radius 3 is 2.68 bits per heavy atom. The molecule has 2 amide bonds. The van der Waals surface area contributed by atoms with Gasteiger partial charge in [0.2, 0.25) is 5.91 Å². The molecule has 1 aliphatic rings. The van der Waals surface area contributed by atoms with Gasteiger partial charge in [0.25, 0.3) is 5.91 Å². The Kier molecular flexibility index (Phi) is 7.67. The maximum absolute atomic E-state index is 12.5. The molecule has 1 aromatic heterocycles. The minimum absolute atomic E-state index is 0.0215. The van der Waals surface area contributed by atoms with E-state index in [-0.39, 0.29) is 11.8 Å². The van der Waals surface area contributed by atoms with Crippen LogP contribution in [0.3, 0.4) is 0 Å². The lowest BCUT2D eigenvalue weighted by Gasteiger charge is -2.14. The highest BCUT2D eigenvalue weighted by molar-refractivity contribution is 8.26. The van der Waals surface area contributed by atoms with Crippen LogP contribution in [0.1, 0.15) is 30.6 Å². The number of nitrogens with one attached hydrogen (secondary N) is 1. The third-order valence-corrected chi connectivity index (χ3v) is 6.55. The van der Waals surface area contributed by atoms with E-state index in [1.165, 1.54) is 11.8 Å². The fraction of sp³-hybridized carbons (Fsp3) is 0.250. The van der Waals surface area contributed by atoms with E-state index in [4.69, 9.17) is 23.8 Å². The molecule has 1 aliphatic heterocycles. The van der Waals surface area contributed by atoms with Gasteiger partial charge in [0, 0.05) is 28.6 Å². The van der Waals surface area contributed by atoms with Crippen molar-refractivity contribution in [2.75, 3.05) is 11.9 Å². The molecule has 2 aromatic rings. The van der Waals surface area contributed by atoms with Crippen molar-refractivity contribution in [3.63, 3.8) is 0 Å². The van der Waals surface area contributed by atoms with Gasteiger partial charge in [-0.05, 0) is 54.6 Å². The molecule has 0 saturated carbocycles. The molecule has 1 aromatic carbocycles. The predicted molar refractivity (Wildman–Crippen MR) is 123 cm³/mol. The van der Waals surface area contributed by atoms with Crippen LogP contribution in [0.15, 0.2) is 46.7 Å². The van der Waals surface area contributed by atoms with Crippen molar-refractivity contribution in [2.24, 2.45) is 0 Å². The van der Waals surface area contributed by atoms with Crippen LogP contribution < -0.4 is 5.32 Å². The average molecular weight is 451 g/mol. The number of unbranched alkanes of at least 4 members (excludes halogenated alkanes) is 2. The maximum Gasteiger partial charge on any atom is 0.266 e. The summed E-state index contributed by atoms with van der Waals surface area (Å²) in [5.41, 5.74) is 0.740. The second-order valence-corrected chi connectivity index (χ2v) is 9.31. The molecule has 0 aliphatic carbocycles. The maximum atomic E-state index is 12.5. The number of thioether (sulfide) groups is 1. The van der Waals surface area contributed by atoms with Gasteiger partial charge in [0.1, 0.15) is 4.32 Å². The Labute approximate surface area is 183 Å². The average Bonchev–Trinajstić information content (AvgIpc) is 3.27. The molecule has 0 radical (unpaired) electrons. The van der Waals surface area contributed by atoms with Crippen molar-refractivity contribution in [2.45, 2.75) is 25.7 Å². The molecule has 2 heterocycles. The quantitative estimate of drug-likeness (QED) is 0.313. The zero-order valence-corrected chi connectivity index (χ0v) is 18.2. The first-order valence-electron chi connectivity index (χ1n) is 8.87. The molecule has 8 heteroatoms. The monoisotopic (exact) mass is 450 g/mol. The summed E-state index contributed by atoms with van der Waals surface area (Å²) in [4.78, 5) is 27.9. The highest BCUT2D eigenvalue weighted by Gasteiger charge is 2.31. The fourth-order valence-electron chi connectivity index (χ4n) is 2.68. The van der Waals surface area contributed by atoms with Crippen LogP contribution in [0.25, 0.3) is 6.08 Å². The number of anilines is 1. The lowest BCUT2D eigenvalue weighted by Crippen LogP contribution is -2.29. The van der Waals surface area contributed by atoms with Gasteiger partial charge in [-0.1, -0.05) is 48.1 Å². The van der Waals surface area contributed by atoms with E-state index in [2.05, 4.69) is 5.32 Å². The molecule has 146 valence electrons. The molecule has 3 rings (SSSR count). The van der Waals surface area contributed by atoms with Gasteiger partial charge in [-0.15, -0.1) is 11.3 Å². The van der Waals surface area contributed by atoms with E-state index in [0.717, 1.165) is 29.8 Å². The van der Waals surface area contributed by atoms with Gasteiger partial charge in [-0.25, -0.2) is 0 Å². The third-order valence-electron chi connectivity index (χ3n) is 4.10. The molecule has 0 atom stereocenters. The van der Waals surface area contributed by atoms with E-state index in [0.29, 0.717) is 27.2 Å². The van der Waals surface area contributed by atoms with Crippen molar-refractivity contribution in [1.82, 2.24) is 4.90 Å². The topological polar surface area (TPSA) is 49.4 Å². The van der Waals surface area contributed by atoms with Gasteiger partial charge >= 0.3 is 0 Å². The molecule has 1 N–H and O–H groups in total. The van der Waals surface area contributed by atoms with Crippen LogP contribution in [-0.2, 0) is 9.59 Å². The Hall–Kier alpha value is -1.67. The zero-order chi connectivity index (χ0) is 19.9. The second kappa shape index (κ2) is 10.2. The SMILES string of the molecule is O=C(CCCCCN1C(=O)C(=Cc2cccs2)SC1=S)Nc1ccc(Cl)cc1. The minimum atomic E-state index is -0.0242. The Morgan fingerprint density at radius 1 is 1.18 bits per heavy atom. The first-order valence-corrected chi connectivity index (χ1v) is 11.4. The number of carbonyl (C=O) groups excluding carboxylic acids is 2. The van der Waals surface area contributed by atoms with E-state index in [1.807, 2.05) is 23.6 Å². The van der Waals surface area contributed by atoms with Gasteiger partial charge in [0.05, 0.1) is 4.91 Å². The highest BCUT2D eigenvalue weighted by Crippen LogP contribution is 2.33. The molecule has 28 heavy (non-hydrogen) atoms. The van der Waals surface area contributed by atoms with Crippen LogP contribution in [0.4, 0.5) is 5.69 Å². The molecular formula is C20H19ClN2O2S3. The molecule has 0 spiro atoms. The summed E-state index contributed by atoms with van der Waals surface area (Å²) in [5, 5.41) is 5.47. The van der Waals surface area contributed by atoms with E-state index in [9.17, 15) is 9.59 Å². The van der Waals surface area contributed by atoms with E-state index in [1.54, 1.807) is 40.5 Å². The summed E-state index contributed by atoms with van der Waals surface area (Å²) in [6.07, 6.45) is 4.77. The first-order chi connectivity index (χ1) is 13.5. The summed E-state index contributed by atoms with van der Waals surface area (Å²) < 4.78 is 0.605. The second-order valence-electron chi connectivity index (χ2n) is 6.21. The van der Waals surface area contributed by atoms with E-state index >= 15 is 0 Å². The number of amides is 2. The summed E-state index contributed by atoms with van der Waals surface area (Å²) in [5.74, 6) is -0.0457. The number of halogens is 1. The van der Waals surface area contributed by atoms with Crippen molar-refractivity contribution in [3.05, 3.63) is 56.6 Å². The smallest absolute Gasteiger partial charge is 0.266 e. The number of carbonyl (C=O) groups is 2. The first kappa shape index (κ1) is 21.0. The van der Waals surface area contributed by atoms with Crippen molar-refractivity contribution in [1.29, 1.82) is 0 Å². The van der Waals surface area contributed by atoms with Gasteiger partial charge in [-0.2, -0.15) is 0 Å². The molecule has 0 unspecified atom stereocenters. The molecule has 1 saturated heterocycles. The van der Waals surface area contributed by atoms with Gasteiger partial charge in [-0.3, -0.25) is 14.5 Å². The molecular weight excluding hydrogens is 432 g/mol. The standard InChI is InChI=1S/C20H19ClN2O2S3/c21-14-7-9-15(10-8-14)22-18(24)6-2-1-3-11-23-19(25)17(28-20(23)26)13-16-5-4-12-27-16/h4-5,7-10,12-13H,1-3,6,11H2,(H,22,24). The van der Waals surface area contributed by atoms with Crippen LogP contribution in [-0.4, -0.2) is 27.6 Å². The van der Waals surface area contributed by atoms with Crippen LogP contribution >= 0.6 is 46.9 Å². The molecule has 1 fully saturated rings. The fourth-order valence-corrected chi connectivity index (χ4v) is 4.84. The number of hydrogen-bond donors (Lipinski definition) is 1. The van der Waals surface area contributed by atoms with Crippen LogP contribution in [0.2, 0.25) is 5.02 Å². The summed E-state index contributed by atoms with van der Waals surface area (Å²) in [7, 11) is 0. The Bertz CT molecular complexity index is 879. The Morgan fingerprint density at radius 2 is 1.96 bits per heavy atom. The van der Waals surface area contributed by atoms with Crippen molar-refractivity contribution < 1.29 is 9.59 Å². The highest BCUT2D eigenvalue weighted by atomic mass is 35.5. The summed E-state index contributed by atoms with van der Waals surface area (Å²) >= 11 is 14.1. The number of thiophene rings is 1. The largest absolute Gasteiger partial charge is 0.326 e. The lowest BCUT2D eigenvalue weighted by molar-refractivity contribution is -0.122. The zero-order valence-electron chi connectivity index (χ0n) is 15.0. The van der Waals surface area contributed by atoms with Crippen molar-refractivity contribution in [3.8, 4) is 0 Å². The number of thiocarbonyl (C=S) groups is 1. The number of hydrogen-bond acceptors (Lipinski definition) is 5. The molecule has 0 bridgehead atoms. The number of benzene rings is 1. The summed E-state index contributed by atoms with van der Waals surface area (Å²) in [6.45, 7) is 0.589. The summed E-state index contributed by atoms with van der Waals surface area (Å²) in [6, 6.07) is 11.0. The van der Waals surface area contributed by atoms with Gasteiger partial charge in [0.15, 0.2) is 0 Å².